The lowest BCUT2D eigenvalue weighted by Crippen LogP contribution is -2.54. The van der Waals surface area contributed by atoms with E-state index in [0.29, 0.717) is 6.04 Å². The number of hydrogen-bond acceptors (Lipinski definition) is 7. The number of pyridine rings is 1. The first-order valence-corrected chi connectivity index (χ1v) is 10.6. The van der Waals surface area contributed by atoms with Gasteiger partial charge in [-0.05, 0) is 42.3 Å². The average Bonchev–Trinajstić information content (AvgIpc) is 3.42. The maximum Gasteiger partial charge on any atom is 0.167 e. The number of hydrogen-bond donors (Lipinski definition) is 3. The maximum atomic E-state index is 10.4. The Kier molecular flexibility index (Phi) is 3.99. The number of aliphatic hydroxyl groups excluding tert-OH is 1. The van der Waals surface area contributed by atoms with Crippen LogP contribution >= 0.6 is 0 Å². The van der Waals surface area contributed by atoms with Gasteiger partial charge in [0, 0.05) is 48.7 Å². The van der Waals surface area contributed by atoms with Crippen molar-refractivity contribution in [1.29, 1.82) is 0 Å². The van der Waals surface area contributed by atoms with Gasteiger partial charge < -0.3 is 30.1 Å². The quantitative estimate of drug-likeness (QED) is 0.549. The Balaban J connectivity index is 1.45. The average molecular weight is 418 g/mol. The highest BCUT2D eigenvalue weighted by atomic mass is 16.5. The highest BCUT2D eigenvalue weighted by Crippen LogP contribution is 2.57. The molecule has 2 saturated heterocycles. The summed E-state index contributed by atoms with van der Waals surface area (Å²) >= 11 is 0. The van der Waals surface area contributed by atoms with E-state index in [4.69, 9.17) is 9.47 Å². The molecular formula is C24H26N4O3. The molecule has 3 aliphatic heterocycles. The Morgan fingerprint density at radius 1 is 1.26 bits per heavy atom. The number of methoxy groups -OCH3 is 2. The molecule has 4 heterocycles. The van der Waals surface area contributed by atoms with Gasteiger partial charge in [-0.2, -0.15) is 0 Å². The third-order valence-electron chi connectivity index (χ3n) is 7.17. The number of anilines is 3. The Bertz CT molecular complexity index is 1200. The van der Waals surface area contributed by atoms with E-state index in [1.807, 2.05) is 24.3 Å². The summed E-state index contributed by atoms with van der Waals surface area (Å²) in [5.74, 6) is 0.665. The van der Waals surface area contributed by atoms with Crippen molar-refractivity contribution in [1.82, 2.24) is 10.3 Å². The first kappa shape index (κ1) is 18.9. The normalized spacial score (nSPS) is 27.7. The van der Waals surface area contributed by atoms with Gasteiger partial charge in [-0.1, -0.05) is 6.07 Å². The van der Waals surface area contributed by atoms with Crippen molar-refractivity contribution >= 4 is 28.0 Å². The standard InChI is InChI=1S/C24H26N4O3/c1-13-7-21-16(17(12-29)24(31-3)23-20(27-23)11-28(21)24)10-18(13)26-19-9-15(30-2)8-14-5-4-6-25-22(14)19/h4-10,17,20,23,26-27,29H,11-12H2,1-3H3. The van der Waals surface area contributed by atoms with Crippen LogP contribution in [0.2, 0.25) is 0 Å². The van der Waals surface area contributed by atoms with Crippen LogP contribution in [0.5, 0.6) is 5.75 Å². The molecule has 2 fully saturated rings. The topological polar surface area (TPSA) is 88.8 Å². The Hall–Kier alpha value is -2.87. The number of ether oxygens (including phenoxy) is 2. The van der Waals surface area contributed by atoms with Gasteiger partial charge >= 0.3 is 0 Å². The second-order valence-corrected chi connectivity index (χ2v) is 8.65. The van der Waals surface area contributed by atoms with Gasteiger partial charge in [0.1, 0.15) is 5.75 Å². The van der Waals surface area contributed by atoms with Crippen molar-refractivity contribution in [2.75, 3.05) is 37.6 Å². The van der Waals surface area contributed by atoms with Gasteiger partial charge in [0.05, 0.1) is 36.9 Å². The minimum absolute atomic E-state index is 0.0361. The molecule has 0 saturated carbocycles. The number of aryl methyl sites for hydroxylation is 1. The minimum atomic E-state index is -0.517. The van der Waals surface area contributed by atoms with Crippen LogP contribution in [0, 0.1) is 6.92 Å². The molecule has 3 aromatic rings. The summed E-state index contributed by atoms with van der Waals surface area (Å²) in [7, 11) is 3.42. The molecule has 4 unspecified atom stereocenters. The Morgan fingerprint density at radius 3 is 2.90 bits per heavy atom. The molecule has 31 heavy (non-hydrogen) atoms. The first-order valence-electron chi connectivity index (χ1n) is 10.6. The number of aliphatic hydroxyl groups is 1. The molecule has 0 amide bonds. The molecule has 3 aliphatic rings. The molecule has 0 radical (unpaired) electrons. The summed E-state index contributed by atoms with van der Waals surface area (Å²) < 4.78 is 11.6. The fourth-order valence-electron chi connectivity index (χ4n) is 5.65. The van der Waals surface area contributed by atoms with E-state index in [9.17, 15) is 5.11 Å². The van der Waals surface area contributed by atoms with E-state index in [1.54, 1.807) is 20.4 Å². The number of fused-ring (bicyclic) bond motifs is 6. The highest BCUT2D eigenvalue weighted by molar-refractivity contribution is 5.94. The third kappa shape index (κ3) is 2.48. The summed E-state index contributed by atoms with van der Waals surface area (Å²) in [6.07, 6.45) is 1.80. The Morgan fingerprint density at radius 2 is 2.13 bits per heavy atom. The number of nitrogens with zero attached hydrogens (tertiary/aromatic N) is 2. The predicted molar refractivity (Wildman–Crippen MR) is 120 cm³/mol. The van der Waals surface area contributed by atoms with E-state index >= 15 is 0 Å². The molecular weight excluding hydrogens is 392 g/mol. The van der Waals surface area contributed by atoms with Gasteiger partial charge in [-0.3, -0.25) is 4.98 Å². The van der Waals surface area contributed by atoms with Crippen molar-refractivity contribution in [3.63, 3.8) is 0 Å². The largest absolute Gasteiger partial charge is 0.497 e. The summed E-state index contributed by atoms with van der Waals surface area (Å²) in [4.78, 5) is 6.92. The minimum Gasteiger partial charge on any atom is -0.497 e. The van der Waals surface area contributed by atoms with E-state index in [0.717, 1.165) is 51.4 Å². The van der Waals surface area contributed by atoms with Crippen LogP contribution in [0.4, 0.5) is 17.1 Å². The zero-order valence-corrected chi connectivity index (χ0v) is 17.8. The van der Waals surface area contributed by atoms with Gasteiger partial charge in [-0.15, -0.1) is 0 Å². The molecule has 7 heteroatoms. The number of aromatic nitrogens is 1. The molecule has 7 nitrogen and oxygen atoms in total. The smallest absolute Gasteiger partial charge is 0.167 e. The van der Waals surface area contributed by atoms with Crippen LogP contribution in [-0.2, 0) is 4.74 Å². The molecule has 0 bridgehead atoms. The zero-order valence-electron chi connectivity index (χ0n) is 17.8. The molecule has 6 rings (SSSR count). The maximum absolute atomic E-state index is 10.4. The van der Waals surface area contributed by atoms with Gasteiger partial charge in [0.2, 0.25) is 0 Å². The Labute approximate surface area is 181 Å². The van der Waals surface area contributed by atoms with Crippen molar-refractivity contribution in [2.24, 2.45) is 0 Å². The van der Waals surface area contributed by atoms with Crippen molar-refractivity contribution in [3.05, 3.63) is 53.7 Å². The van der Waals surface area contributed by atoms with E-state index in [-0.39, 0.29) is 18.6 Å². The molecule has 160 valence electrons. The van der Waals surface area contributed by atoms with E-state index in [2.05, 4.69) is 39.6 Å². The summed E-state index contributed by atoms with van der Waals surface area (Å²) in [5.41, 5.74) is 5.66. The number of piperazine rings is 1. The molecule has 2 aromatic carbocycles. The van der Waals surface area contributed by atoms with E-state index < -0.39 is 5.72 Å². The fourth-order valence-corrected chi connectivity index (χ4v) is 5.65. The monoisotopic (exact) mass is 418 g/mol. The number of rotatable bonds is 5. The molecule has 4 atom stereocenters. The molecule has 3 N–H and O–H groups in total. The second-order valence-electron chi connectivity index (χ2n) is 8.65. The predicted octanol–water partition coefficient (Wildman–Crippen LogP) is 2.89. The lowest BCUT2D eigenvalue weighted by Gasteiger charge is -2.38. The number of benzene rings is 2. The van der Waals surface area contributed by atoms with Gasteiger partial charge in [-0.25, -0.2) is 0 Å². The van der Waals surface area contributed by atoms with Crippen LogP contribution in [0.25, 0.3) is 10.9 Å². The second kappa shape index (κ2) is 6.56. The molecule has 0 aliphatic carbocycles. The first-order chi connectivity index (χ1) is 15.1. The van der Waals surface area contributed by atoms with Crippen molar-refractivity contribution < 1.29 is 14.6 Å². The molecule has 1 aromatic heterocycles. The lowest BCUT2D eigenvalue weighted by molar-refractivity contribution is -0.0320. The van der Waals surface area contributed by atoms with Crippen LogP contribution in [0.3, 0.4) is 0 Å². The summed E-state index contributed by atoms with van der Waals surface area (Å²) in [6, 6.07) is 13.0. The summed E-state index contributed by atoms with van der Waals surface area (Å²) in [6.45, 7) is 3.04. The van der Waals surface area contributed by atoms with E-state index in [1.165, 1.54) is 0 Å². The number of nitrogens with one attached hydrogen (secondary N) is 2. The zero-order chi connectivity index (χ0) is 21.3. The van der Waals surface area contributed by atoms with Crippen molar-refractivity contribution in [3.8, 4) is 5.75 Å². The SMILES string of the molecule is COc1cc(Nc2cc3c(cc2C)N2CC4NC4C2(OC)C3CO)c2ncccc2c1. The fraction of sp³-hybridized carbons (Fsp3) is 0.375. The van der Waals surface area contributed by atoms with Crippen LogP contribution in [0.15, 0.2) is 42.6 Å². The molecule has 0 spiro atoms. The van der Waals surface area contributed by atoms with Crippen LogP contribution in [-0.4, -0.2) is 55.3 Å². The van der Waals surface area contributed by atoms with Gasteiger partial charge in [0.25, 0.3) is 0 Å². The van der Waals surface area contributed by atoms with Crippen LogP contribution < -0.4 is 20.3 Å². The lowest BCUT2D eigenvalue weighted by atomic mass is 9.89. The van der Waals surface area contributed by atoms with Crippen molar-refractivity contribution in [2.45, 2.75) is 30.7 Å². The highest BCUT2D eigenvalue weighted by Gasteiger charge is 2.69. The van der Waals surface area contributed by atoms with Gasteiger partial charge in [0.15, 0.2) is 5.72 Å². The third-order valence-corrected chi connectivity index (χ3v) is 7.17. The summed E-state index contributed by atoms with van der Waals surface area (Å²) in [5, 5.41) is 18.5. The van der Waals surface area contributed by atoms with Crippen LogP contribution in [0.1, 0.15) is 17.0 Å².